The summed E-state index contributed by atoms with van der Waals surface area (Å²) in [6.07, 6.45) is 0. The van der Waals surface area contributed by atoms with E-state index in [0.717, 1.165) is 22.9 Å². The molecule has 2 nitrogen and oxygen atoms in total. The van der Waals surface area contributed by atoms with Crippen LogP contribution >= 0.6 is 22.9 Å². The van der Waals surface area contributed by atoms with Crippen molar-refractivity contribution in [3.8, 4) is 0 Å². The lowest BCUT2D eigenvalue weighted by Gasteiger charge is -2.27. The third-order valence-electron chi connectivity index (χ3n) is 2.69. The summed E-state index contributed by atoms with van der Waals surface area (Å²) < 4.78 is 0. The fourth-order valence-electron chi connectivity index (χ4n) is 1.90. The van der Waals surface area contributed by atoms with Crippen LogP contribution in [0.3, 0.4) is 0 Å². The Hall–Kier alpha value is -1.19. The lowest BCUT2D eigenvalue weighted by atomic mass is 10.1. The van der Waals surface area contributed by atoms with Gasteiger partial charge in [-0.3, -0.25) is 0 Å². The summed E-state index contributed by atoms with van der Waals surface area (Å²) in [4.78, 5) is 1.35. The lowest BCUT2D eigenvalue weighted by molar-refractivity contribution is 0.820. The molecule has 0 aliphatic carbocycles. The molecule has 1 aliphatic heterocycles. The minimum atomic E-state index is 0.339. The molecule has 0 spiro atoms. The predicted octanol–water partition coefficient (Wildman–Crippen LogP) is 3.98. The van der Waals surface area contributed by atoms with Gasteiger partial charge in [0.1, 0.15) is 0 Å². The van der Waals surface area contributed by atoms with Crippen LogP contribution in [-0.4, -0.2) is 6.54 Å². The number of nitrogens with one attached hydrogen (secondary N) is 2. The van der Waals surface area contributed by atoms with E-state index >= 15 is 0 Å². The summed E-state index contributed by atoms with van der Waals surface area (Å²) in [5, 5.41) is 9.78. The Morgan fingerprint density at radius 1 is 1.25 bits per heavy atom. The Balaban J connectivity index is 1.91. The molecule has 3 rings (SSSR count). The largest absolute Gasteiger partial charge is 0.381 e. The highest BCUT2D eigenvalue weighted by atomic mass is 35.5. The highest BCUT2D eigenvalue weighted by molar-refractivity contribution is 7.10. The van der Waals surface area contributed by atoms with Crippen LogP contribution in [0.2, 0.25) is 5.02 Å². The van der Waals surface area contributed by atoms with Gasteiger partial charge in [0.2, 0.25) is 0 Å². The first-order valence-corrected chi connectivity index (χ1v) is 6.42. The van der Waals surface area contributed by atoms with Crippen LogP contribution in [0, 0.1) is 0 Å². The van der Waals surface area contributed by atoms with E-state index < -0.39 is 0 Å². The third-order valence-corrected chi connectivity index (χ3v) is 3.92. The molecular weight excluding hydrogens is 240 g/mol. The van der Waals surface area contributed by atoms with Crippen molar-refractivity contribution in [2.75, 3.05) is 17.2 Å². The standard InChI is InChI=1S/C12H11ClN2S/c13-8-3-4-9-10(6-8)15-11(7-14-9)12-2-1-5-16-12/h1-6,11,14-15H,7H2. The van der Waals surface area contributed by atoms with Crippen molar-refractivity contribution in [2.45, 2.75) is 6.04 Å². The number of halogens is 1. The van der Waals surface area contributed by atoms with Gasteiger partial charge in [0.25, 0.3) is 0 Å². The van der Waals surface area contributed by atoms with Gasteiger partial charge in [0, 0.05) is 16.4 Å². The average Bonchev–Trinajstić information content (AvgIpc) is 2.81. The van der Waals surface area contributed by atoms with E-state index in [1.165, 1.54) is 4.88 Å². The number of fused-ring (bicyclic) bond motifs is 1. The van der Waals surface area contributed by atoms with E-state index in [4.69, 9.17) is 11.6 Å². The highest BCUT2D eigenvalue weighted by Gasteiger charge is 2.19. The molecule has 4 heteroatoms. The Labute approximate surface area is 103 Å². The van der Waals surface area contributed by atoms with Crippen LogP contribution in [0.1, 0.15) is 10.9 Å². The van der Waals surface area contributed by atoms with Gasteiger partial charge in [-0.2, -0.15) is 0 Å². The van der Waals surface area contributed by atoms with E-state index in [1.807, 2.05) is 18.2 Å². The maximum Gasteiger partial charge on any atom is 0.0779 e. The van der Waals surface area contributed by atoms with Gasteiger partial charge in [-0.25, -0.2) is 0 Å². The monoisotopic (exact) mass is 250 g/mol. The van der Waals surface area contributed by atoms with E-state index in [-0.39, 0.29) is 0 Å². The van der Waals surface area contributed by atoms with Crippen LogP contribution in [-0.2, 0) is 0 Å². The normalized spacial score (nSPS) is 18.4. The van der Waals surface area contributed by atoms with Crippen LogP contribution in [0.5, 0.6) is 0 Å². The Morgan fingerprint density at radius 3 is 3.00 bits per heavy atom. The van der Waals surface area contributed by atoms with Crippen LogP contribution in [0.25, 0.3) is 0 Å². The van der Waals surface area contributed by atoms with Crippen molar-refractivity contribution in [3.05, 3.63) is 45.6 Å². The molecule has 2 aromatic rings. The van der Waals surface area contributed by atoms with Crippen molar-refractivity contribution in [1.29, 1.82) is 0 Å². The van der Waals surface area contributed by atoms with Crippen molar-refractivity contribution >= 4 is 34.3 Å². The molecule has 1 unspecified atom stereocenters. The number of thiophene rings is 1. The van der Waals surface area contributed by atoms with Crippen molar-refractivity contribution in [3.63, 3.8) is 0 Å². The van der Waals surface area contributed by atoms with E-state index in [0.29, 0.717) is 6.04 Å². The second-order valence-corrected chi connectivity index (χ2v) is 5.20. The predicted molar refractivity (Wildman–Crippen MR) is 70.6 cm³/mol. The molecule has 0 radical (unpaired) electrons. The van der Waals surface area contributed by atoms with Crippen LogP contribution in [0.15, 0.2) is 35.7 Å². The summed E-state index contributed by atoms with van der Waals surface area (Å²) in [7, 11) is 0. The number of anilines is 2. The molecule has 2 heterocycles. The zero-order valence-electron chi connectivity index (χ0n) is 8.53. The zero-order chi connectivity index (χ0) is 11.0. The second kappa shape index (κ2) is 4.00. The molecule has 0 fully saturated rings. The van der Waals surface area contributed by atoms with E-state index in [1.54, 1.807) is 11.3 Å². The minimum Gasteiger partial charge on any atom is -0.381 e. The summed E-state index contributed by atoms with van der Waals surface area (Å²) in [5.74, 6) is 0. The molecule has 0 saturated carbocycles. The number of hydrogen-bond donors (Lipinski definition) is 2. The molecule has 1 aromatic carbocycles. The first-order chi connectivity index (χ1) is 7.83. The van der Waals surface area contributed by atoms with E-state index in [9.17, 15) is 0 Å². The summed E-state index contributed by atoms with van der Waals surface area (Å²) >= 11 is 7.76. The lowest BCUT2D eigenvalue weighted by Crippen LogP contribution is -2.24. The molecule has 82 valence electrons. The smallest absolute Gasteiger partial charge is 0.0779 e. The van der Waals surface area contributed by atoms with Gasteiger partial charge in [-0.05, 0) is 29.6 Å². The molecule has 1 atom stereocenters. The van der Waals surface area contributed by atoms with Gasteiger partial charge in [-0.15, -0.1) is 11.3 Å². The molecule has 0 amide bonds. The first kappa shape index (κ1) is 10.00. The van der Waals surface area contributed by atoms with E-state index in [2.05, 4.69) is 28.1 Å². The molecule has 0 saturated heterocycles. The first-order valence-electron chi connectivity index (χ1n) is 5.16. The van der Waals surface area contributed by atoms with Gasteiger partial charge >= 0.3 is 0 Å². The fraction of sp³-hybridized carbons (Fsp3) is 0.167. The van der Waals surface area contributed by atoms with Crippen molar-refractivity contribution in [1.82, 2.24) is 0 Å². The topological polar surface area (TPSA) is 24.1 Å². The molecular formula is C12H11ClN2S. The average molecular weight is 251 g/mol. The van der Waals surface area contributed by atoms with Crippen LogP contribution < -0.4 is 10.6 Å². The fourth-order valence-corrected chi connectivity index (χ4v) is 2.85. The van der Waals surface area contributed by atoms with Crippen molar-refractivity contribution < 1.29 is 0 Å². The van der Waals surface area contributed by atoms with Gasteiger partial charge in [-0.1, -0.05) is 17.7 Å². The van der Waals surface area contributed by atoms with Gasteiger partial charge < -0.3 is 10.6 Å². The molecule has 2 N–H and O–H groups in total. The molecule has 1 aliphatic rings. The minimum absolute atomic E-state index is 0.339. The Morgan fingerprint density at radius 2 is 2.19 bits per heavy atom. The third kappa shape index (κ3) is 1.77. The van der Waals surface area contributed by atoms with Gasteiger partial charge in [0.05, 0.1) is 17.4 Å². The molecule has 1 aromatic heterocycles. The van der Waals surface area contributed by atoms with Crippen LogP contribution in [0.4, 0.5) is 11.4 Å². The highest BCUT2D eigenvalue weighted by Crippen LogP contribution is 2.34. The zero-order valence-corrected chi connectivity index (χ0v) is 10.1. The number of rotatable bonds is 1. The summed E-state index contributed by atoms with van der Waals surface area (Å²) in [6.45, 7) is 0.912. The molecule has 0 bridgehead atoms. The number of hydrogen-bond acceptors (Lipinski definition) is 3. The molecule has 16 heavy (non-hydrogen) atoms. The van der Waals surface area contributed by atoms with Gasteiger partial charge in [0.15, 0.2) is 0 Å². The summed E-state index contributed by atoms with van der Waals surface area (Å²) in [5.41, 5.74) is 2.20. The number of benzene rings is 1. The summed E-state index contributed by atoms with van der Waals surface area (Å²) in [6, 6.07) is 10.4. The second-order valence-electron chi connectivity index (χ2n) is 3.78. The quantitative estimate of drug-likeness (QED) is 0.800. The SMILES string of the molecule is Clc1ccc2c(c1)NC(c1cccs1)CN2. The van der Waals surface area contributed by atoms with Crippen molar-refractivity contribution in [2.24, 2.45) is 0 Å². The Bertz CT molecular complexity index is 496. The maximum atomic E-state index is 5.98. The maximum absolute atomic E-state index is 5.98. The Kier molecular flexibility index (Phi) is 2.50.